The molecule has 0 saturated carbocycles. The highest BCUT2D eigenvalue weighted by atomic mass is 32.1. The molecule has 184 valence electrons. The number of aryl methyl sites for hydroxylation is 1. The normalized spacial score (nSPS) is 11.7. The third-order valence-electron chi connectivity index (χ3n) is 5.85. The number of thiophene rings is 1. The van der Waals surface area contributed by atoms with E-state index in [0.717, 1.165) is 32.2 Å². The van der Waals surface area contributed by atoms with Gasteiger partial charge in [0.15, 0.2) is 11.9 Å². The maximum absolute atomic E-state index is 12.7. The number of aliphatic carboxylic acids is 1. The number of benzene rings is 3. The number of hydrogen-bond acceptors (Lipinski definition) is 5. The summed E-state index contributed by atoms with van der Waals surface area (Å²) in [6.45, 7) is 4.65. The molecule has 5 nitrogen and oxygen atoms in total. The van der Waals surface area contributed by atoms with E-state index in [1.807, 2.05) is 78.9 Å². The number of ketones is 1. The van der Waals surface area contributed by atoms with Crippen LogP contribution in [-0.2, 0) is 22.6 Å². The van der Waals surface area contributed by atoms with E-state index in [0.29, 0.717) is 30.8 Å². The summed E-state index contributed by atoms with van der Waals surface area (Å²) >= 11 is 1.67. The summed E-state index contributed by atoms with van der Waals surface area (Å²) in [5.41, 5.74) is 4.44. The van der Waals surface area contributed by atoms with Crippen LogP contribution in [0.1, 0.15) is 38.8 Å². The average Bonchev–Trinajstić information content (AvgIpc) is 3.28. The first-order valence-electron chi connectivity index (χ1n) is 11.8. The Morgan fingerprint density at radius 3 is 2.22 bits per heavy atom. The van der Waals surface area contributed by atoms with Crippen molar-refractivity contribution < 1.29 is 24.2 Å². The monoisotopic (exact) mass is 500 g/mol. The minimum Gasteiger partial charge on any atom is -0.488 e. The second kappa shape index (κ2) is 11.8. The molecule has 1 aromatic heterocycles. The van der Waals surface area contributed by atoms with Gasteiger partial charge in [-0.3, -0.25) is 4.79 Å². The Morgan fingerprint density at radius 1 is 0.917 bits per heavy atom. The van der Waals surface area contributed by atoms with Gasteiger partial charge in [0.25, 0.3) is 0 Å². The first kappa shape index (κ1) is 25.4. The highest BCUT2D eigenvalue weighted by molar-refractivity contribution is 7.15. The molecule has 1 heterocycles. The molecule has 1 atom stereocenters. The van der Waals surface area contributed by atoms with Gasteiger partial charge < -0.3 is 14.6 Å². The summed E-state index contributed by atoms with van der Waals surface area (Å²) < 4.78 is 11.3. The Kier molecular flexibility index (Phi) is 8.31. The number of carbonyl (C=O) groups is 2. The summed E-state index contributed by atoms with van der Waals surface area (Å²) in [5.74, 6) is -0.222. The number of carboxylic acids is 1. The van der Waals surface area contributed by atoms with Crippen LogP contribution in [0.15, 0.2) is 84.9 Å². The molecule has 0 fully saturated rings. The lowest BCUT2D eigenvalue weighted by molar-refractivity contribution is -0.149. The van der Waals surface area contributed by atoms with E-state index < -0.39 is 12.1 Å². The van der Waals surface area contributed by atoms with E-state index >= 15 is 0 Å². The standard InChI is InChI=1S/C30H28O5S/c1-3-34-26(30(32)33)18-21-9-15-25(16-10-21)35-19-28-20(2)17-27(36-28)22-11-13-24(14-12-22)29(31)23-7-5-4-6-8-23/h4-17,26H,3,18-19H2,1-2H3,(H,32,33)/t26-/m0/s1. The second-order valence-electron chi connectivity index (χ2n) is 8.41. The van der Waals surface area contributed by atoms with Crippen molar-refractivity contribution in [3.63, 3.8) is 0 Å². The molecule has 0 amide bonds. The first-order chi connectivity index (χ1) is 17.4. The van der Waals surface area contributed by atoms with Gasteiger partial charge in [-0.15, -0.1) is 11.3 Å². The Balaban J connectivity index is 1.38. The molecule has 0 saturated heterocycles. The largest absolute Gasteiger partial charge is 0.488 e. The van der Waals surface area contributed by atoms with Gasteiger partial charge in [0.2, 0.25) is 0 Å². The number of carboxylic acid groups (broad SMARTS) is 1. The molecule has 0 unspecified atom stereocenters. The van der Waals surface area contributed by atoms with Crippen molar-refractivity contribution in [1.29, 1.82) is 0 Å². The summed E-state index contributed by atoms with van der Waals surface area (Å²) in [7, 11) is 0. The van der Waals surface area contributed by atoms with E-state index in [1.54, 1.807) is 18.3 Å². The number of ether oxygens (including phenoxy) is 2. The highest BCUT2D eigenvalue weighted by Gasteiger charge is 2.18. The molecule has 0 radical (unpaired) electrons. The molecule has 0 aliphatic heterocycles. The quantitative estimate of drug-likeness (QED) is 0.236. The predicted octanol–water partition coefficient (Wildman–Crippen LogP) is 6.57. The van der Waals surface area contributed by atoms with Crippen LogP contribution in [0.3, 0.4) is 0 Å². The maximum Gasteiger partial charge on any atom is 0.333 e. The fraction of sp³-hybridized carbons (Fsp3) is 0.200. The zero-order valence-electron chi connectivity index (χ0n) is 20.3. The van der Waals surface area contributed by atoms with Crippen LogP contribution in [-0.4, -0.2) is 29.6 Å². The summed E-state index contributed by atoms with van der Waals surface area (Å²) in [6, 6.07) is 26.6. The molecule has 4 rings (SSSR count). The first-order valence-corrected chi connectivity index (χ1v) is 12.6. The van der Waals surface area contributed by atoms with Crippen LogP contribution in [0.5, 0.6) is 5.75 Å². The van der Waals surface area contributed by atoms with Crippen molar-refractivity contribution in [2.75, 3.05) is 6.61 Å². The van der Waals surface area contributed by atoms with Crippen LogP contribution >= 0.6 is 11.3 Å². The van der Waals surface area contributed by atoms with E-state index in [-0.39, 0.29) is 5.78 Å². The van der Waals surface area contributed by atoms with Crippen LogP contribution in [0, 0.1) is 6.92 Å². The molecule has 0 aliphatic rings. The molecule has 1 N–H and O–H groups in total. The van der Waals surface area contributed by atoms with E-state index in [9.17, 15) is 14.7 Å². The van der Waals surface area contributed by atoms with Crippen molar-refractivity contribution in [3.05, 3.63) is 112 Å². The van der Waals surface area contributed by atoms with Crippen molar-refractivity contribution in [2.45, 2.75) is 33.0 Å². The van der Waals surface area contributed by atoms with Crippen LogP contribution in [0.2, 0.25) is 0 Å². The minimum absolute atomic E-state index is 0.0148. The molecule has 0 aliphatic carbocycles. The third-order valence-corrected chi connectivity index (χ3v) is 7.11. The molecule has 0 spiro atoms. The zero-order valence-corrected chi connectivity index (χ0v) is 21.1. The van der Waals surface area contributed by atoms with Gasteiger partial charge in [0, 0.05) is 33.9 Å². The van der Waals surface area contributed by atoms with E-state index in [4.69, 9.17) is 9.47 Å². The number of hydrogen-bond donors (Lipinski definition) is 1. The lowest BCUT2D eigenvalue weighted by Gasteiger charge is -2.13. The highest BCUT2D eigenvalue weighted by Crippen LogP contribution is 2.32. The average molecular weight is 501 g/mol. The predicted molar refractivity (Wildman–Crippen MR) is 142 cm³/mol. The molecule has 3 aromatic carbocycles. The number of carbonyl (C=O) groups excluding carboxylic acids is 1. The van der Waals surface area contributed by atoms with Gasteiger partial charge in [-0.25, -0.2) is 4.79 Å². The van der Waals surface area contributed by atoms with Crippen molar-refractivity contribution in [3.8, 4) is 16.2 Å². The summed E-state index contributed by atoms with van der Waals surface area (Å²) in [5, 5.41) is 9.26. The third kappa shape index (κ3) is 6.27. The molecular formula is C30H28O5S. The van der Waals surface area contributed by atoms with Crippen LogP contribution in [0.4, 0.5) is 0 Å². The fourth-order valence-corrected chi connectivity index (χ4v) is 4.94. The van der Waals surface area contributed by atoms with E-state index in [2.05, 4.69) is 13.0 Å². The van der Waals surface area contributed by atoms with Gasteiger partial charge in [-0.05, 0) is 48.7 Å². The van der Waals surface area contributed by atoms with Gasteiger partial charge >= 0.3 is 5.97 Å². The molecular weight excluding hydrogens is 472 g/mol. The minimum atomic E-state index is -0.960. The van der Waals surface area contributed by atoms with Gasteiger partial charge in [0.05, 0.1) is 0 Å². The van der Waals surface area contributed by atoms with Crippen molar-refractivity contribution in [2.24, 2.45) is 0 Å². The molecule has 4 aromatic rings. The fourth-order valence-electron chi connectivity index (χ4n) is 3.85. The lowest BCUT2D eigenvalue weighted by atomic mass is 10.0. The lowest BCUT2D eigenvalue weighted by Crippen LogP contribution is -2.26. The molecule has 6 heteroatoms. The van der Waals surface area contributed by atoms with Crippen molar-refractivity contribution in [1.82, 2.24) is 0 Å². The second-order valence-corrected chi connectivity index (χ2v) is 9.55. The number of rotatable bonds is 11. The molecule has 0 bridgehead atoms. The van der Waals surface area contributed by atoms with Crippen molar-refractivity contribution >= 4 is 23.1 Å². The Bertz CT molecular complexity index is 1310. The van der Waals surface area contributed by atoms with E-state index in [1.165, 1.54) is 0 Å². The smallest absolute Gasteiger partial charge is 0.333 e. The Morgan fingerprint density at radius 2 is 1.58 bits per heavy atom. The summed E-state index contributed by atoms with van der Waals surface area (Å²) in [6.07, 6.45) is -0.536. The molecule has 36 heavy (non-hydrogen) atoms. The Labute approximate surface area is 215 Å². The van der Waals surface area contributed by atoms with Crippen LogP contribution < -0.4 is 4.74 Å². The van der Waals surface area contributed by atoms with Crippen LogP contribution in [0.25, 0.3) is 10.4 Å². The zero-order chi connectivity index (χ0) is 25.5. The SMILES string of the molecule is CCO[C@@H](Cc1ccc(OCc2sc(-c3ccc(C(=O)c4ccccc4)cc3)cc2C)cc1)C(=O)O. The Hall–Kier alpha value is -3.74. The maximum atomic E-state index is 12.7. The van der Waals surface area contributed by atoms with Gasteiger partial charge in [-0.1, -0.05) is 66.7 Å². The van der Waals surface area contributed by atoms with Gasteiger partial charge in [0.1, 0.15) is 12.4 Å². The topological polar surface area (TPSA) is 72.8 Å². The summed E-state index contributed by atoms with van der Waals surface area (Å²) in [4.78, 5) is 26.2. The van der Waals surface area contributed by atoms with Gasteiger partial charge in [-0.2, -0.15) is 0 Å².